The van der Waals surface area contributed by atoms with Crippen molar-refractivity contribution in [2.75, 3.05) is 26.2 Å². The van der Waals surface area contributed by atoms with Gasteiger partial charge in [0.25, 0.3) is 0 Å². The Morgan fingerprint density at radius 2 is 1.82 bits per heavy atom. The van der Waals surface area contributed by atoms with Gasteiger partial charge in [-0.15, -0.1) is 0 Å². The Bertz CT molecular complexity index is 197. The van der Waals surface area contributed by atoms with Crippen LogP contribution in [0.3, 0.4) is 0 Å². The average Bonchev–Trinajstić information content (AvgIpc) is 2.46. The Morgan fingerprint density at radius 1 is 1.12 bits per heavy atom. The minimum absolute atomic E-state index is 0.579. The van der Waals surface area contributed by atoms with Crippen LogP contribution in [0.2, 0.25) is 0 Å². The third-order valence-electron chi connectivity index (χ3n) is 4.33. The number of hydrogen-bond acceptors (Lipinski definition) is 2. The van der Waals surface area contributed by atoms with Crippen molar-refractivity contribution < 1.29 is 0 Å². The van der Waals surface area contributed by atoms with Crippen LogP contribution in [0.15, 0.2) is 0 Å². The summed E-state index contributed by atoms with van der Waals surface area (Å²) in [6.45, 7) is 14.1. The Hall–Kier alpha value is -0.0800. The van der Waals surface area contributed by atoms with Crippen molar-refractivity contribution in [1.29, 1.82) is 0 Å². The molecule has 0 aromatic heterocycles. The molecule has 1 N–H and O–H groups in total. The standard InChI is InChI=1S/C15H32N2/c1-5-17(6-2)13-12-16-14-8-7-10-15(3,4)11-9-14/h14,16H,5-13H2,1-4H3. The normalized spacial score (nSPS) is 24.9. The summed E-state index contributed by atoms with van der Waals surface area (Å²) in [6, 6.07) is 0.771. The third-order valence-corrected chi connectivity index (χ3v) is 4.33. The van der Waals surface area contributed by atoms with Crippen molar-refractivity contribution in [3.8, 4) is 0 Å². The fraction of sp³-hybridized carbons (Fsp3) is 1.00. The van der Waals surface area contributed by atoms with Crippen LogP contribution in [-0.4, -0.2) is 37.1 Å². The highest BCUT2D eigenvalue weighted by molar-refractivity contribution is 4.79. The second kappa shape index (κ2) is 7.38. The lowest BCUT2D eigenvalue weighted by atomic mass is 9.85. The van der Waals surface area contributed by atoms with Crippen LogP contribution in [0, 0.1) is 5.41 Å². The molecule has 2 heteroatoms. The maximum atomic E-state index is 3.76. The Morgan fingerprint density at radius 3 is 2.47 bits per heavy atom. The molecule has 2 nitrogen and oxygen atoms in total. The lowest BCUT2D eigenvalue weighted by Gasteiger charge is -2.23. The van der Waals surface area contributed by atoms with Crippen LogP contribution in [0.5, 0.6) is 0 Å². The number of nitrogens with zero attached hydrogens (tertiary/aromatic N) is 1. The molecule has 0 amide bonds. The fourth-order valence-corrected chi connectivity index (χ4v) is 2.83. The first kappa shape index (κ1) is 15.0. The zero-order valence-corrected chi connectivity index (χ0v) is 12.4. The largest absolute Gasteiger partial charge is 0.313 e. The molecule has 1 atom stereocenters. The number of hydrogen-bond donors (Lipinski definition) is 1. The zero-order chi connectivity index (χ0) is 12.7. The van der Waals surface area contributed by atoms with E-state index in [1.54, 1.807) is 0 Å². The van der Waals surface area contributed by atoms with E-state index in [9.17, 15) is 0 Å². The molecule has 0 radical (unpaired) electrons. The summed E-state index contributed by atoms with van der Waals surface area (Å²) in [4.78, 5) is 2.49. The van der Waals surface area contributed by atoms with Crippen LogP contribution < -0.4 is 5.32 Å². The van der Waals surface area contributed by atoms with E-state index in [4.69, 9.17) is 0 Å². The third kappa shape index (κ3) is 5.87. The van der Waals surface area contributed by atoms with Crippen molar-refractivity contribution in [2.24, 2.45) is 5.41 Å². The monoisotopic (exact) mass is 240 g/mol. The van der Waals surface area contributed by atoms with Crippen molar-refractivity contribution in [3.05, 3.63) is 0 Å². The predicted molar refractivity (Wildman–Crippen MR) is 76.4 cm³/mol. The van der Waals surface area contributed by atoms with Crippen LogP contribution >= 0.6 is 0 Å². The van der Waals surface area contributed by atoms with Crippen molar-refractivity contribution in [2.45, 2.75) is 65.8 Å². The molecule has 0 saturated heterocycles. The summed E-state index contributed by atoms with van der Waals surface area (Å²) in [5.41, 5.74) is 0.579. The Labute approximate surface area is 108 Å². The van der Waals surface area contributed by atoms with Crippen molar-refractivity contribution in [3.63, 3.8) is 0 Å². The smallest absolute Gasteiger partial charge is 0.0107 e. The molecule has 1 saturated carbocycles. The lowest BCUT2D eigenvalue weighted by Crippen LogP contribution is -2.37. The highest BCUT2D eigenvalue weighted by Crippen LogP contribution is 2.33. The van der Waals surface area contributed by atoms with Crippen molar-refractivity contribution in [1.82, 2.24) is 10.2 Å². The summed E-state index contributed by atoms with van der Waals surface area (Å²) in [5.74, 6) is 0. The van der Waals surface area contributed by atoms with Gasteiger partial charge in [-0.2, -0.15) is 0 Å². The SMILES string of the molecule is CCN(CC)CCNC1CCCC(C)(C)CC1. The molecule has 0 aromatic carbocycles. The first-order chi connectivity index (χ1) is 8.07. The Kier molecular flexibility index (Phi) is 6.50. The second-order valence-electron chi connectivity index (χ2n) is 6.27. The van der Waals surface area contributed by atoms with E-state index in [1.165, 1.54) is 51.7 Å². The number of nitrogens with one attached hydrogen (secondary N) is 1. The highest BCUT2D eigenvalue weighted by atomic mass is 15.1. The lowest BCUT2D eigenvalue weighted by molar-refractivity contribution is 0.288. The Balaban J connectivity index is 2.19. The fourth-order valence-electron chi connectivity index (χ4n) is 2.83. The zero-order valence-electron chi connectivity index (χ0n) is 12.4. The van der Waals surface area contributed by atoms with E-state index in [0.29, 0.717) is 5.41 Å². The molecule has 0 aliphatic heterocycles. The minimum atomic E-state index is 0.579. The molecular formula is C15H32N2. The van der Waals surface area contributed by atoms with Gasteiger partial charge in [-0.05, 0) is 44.2 Å². The molecule has 17 heavy (non-hydrogen) atoms. The summed E-state index contributed by atoms with van der Waals surface area (Å²) in [7, 11) is 0. The molecule has 1 rings (SSSR count). The van der Waals surface area contributed by atoms with Crippen molar-refractivity contribution >= 4 is 0 Å². The van der Waals surface area contributed by atoms with Gasteiger partial charge >= 0.3 is 0 Å². The van der Waals surface area contributed by atoms with Gasteiger partial charge in [-0.1, -0.05) is 34.1 Å². The van der Waals surface area contributed by atoms with Gasteiger partial charge in [0.1, 0.15) is 0 Å². The van der Waals surface area contributed by atoms with E-state index in [1.807, 2.05) is 0 Å². The molecular weight excluding hydrogens is 208 g/mol. The summed E-state index contributed by atoms with van der Waals surface area (Å²) in [5, 5.41) is 3.76. The van der Waals surface area contributed by atoms with Crippen LogP contribution in [0.4, 0.5) is 0 Å². The maximum Gasteiger partial charge on any atom is 0.0107 e. The highest BCUT2D eigenvalue weighted by Gasteiger charge is 2.23. The minimum Gasteiger partial charge on any atom is -0.313 e. The van der Waals surface area contributed by atoms with E-state index in [0.717, 1.165) is 12.6 Å². The van der Waals surface area contributed by atoms with Gasteiger partial charge in [-0.3, -0.25) is 0 Å². The summed E-state index contributed by atoms with van der Waals surface area (Å²) >= 11 is 0. The van der Waals surface area contributed by atoms with E-state index < -0.39 is 0 Å². The molecule has 1 unspecified atom stereocenters. The first-order valence-electron chi connectivity index (χ1n) is 7.53. The molecule has 0 bridgehead atoms. The molecule has 1 aliphatic rings. The number of likely N-dealkylation sites (N-methyl/N-ethyl adjacent to an activating group) is 1. The van der Waals surface area contributed by atoms with Crippen LogP contribution in [-0.2, 0) is 0 Å². The molecule has 0 aromatic rings. The van der Waals surface area contributed by atoms with E-state index in [-0.39, 0.29) is 0 Å². The molecule has 1 aliphatic carbocycles. The summed E-state index contributed by atoms with van der Waals surface area (Å²) in [6.07, 6.45) is 6.93. The topological polar surface area (TPSA) is 15.3 Å². The molecule has 0 heterocycles. The second-order valence-corrected chi connectivity index (χ2v) is 6.27. The van der Waals surface area contributed by atoms with Gasteiger partial charge < -0.3 is 10.2 Å². The van der Waals surface area contributed by atoms with Crippen LogP contribution in [0.1, 0.15) is 59.8 Å². The van der Waals surface area contributed by atoms with Gasteiger partial charge in [0.05, 0.1) is 0 Å². The van der Waals surface area contributed by atoms with E-state index in [2.05, 4.69) is 37.9 Å². The van der Waals surface area contributed by atoms with Gasteiger partial charge in [0.2, 0.25) is 0 Å². The summed E-state index contributed by atoms with van der Waals surface area (Å²) < 4.78 is 0. The van der Waals surface area contributed by atoms with Gasteiger partial charge in [-0.25, -0.2) is 0 Å². The quantitative estimate of drug-likeness (QED) is 0.717. The number of rotatable bonds is 6. The molecule has 0 spiro atoms. The molecule has 1 fully saturated rings. The van der Waals surface area contributed by atoms with E-state index >= 15 is 0 Å². The van der Waals surface area contributed by atoms with Crippen LogP contribution in [0.25, 0.3) is 0 Å². The van der Waals surface area contributed by atoms with Gasteiger partial charge in [0.15, 0.2) is 0 Å². The predicted octanol–water partition coefficient (Wildman–Crippen LogP) is 3.28. The average molecular weight is 240 g/mol. The molecule has 102 valence electrons. The first-order valence-corrected chi connectivity index (χ1v) is 7.53. The van der Waals surface area contributed by atoms with Gasteiger partial charge in [0, 0.05) is 19.1 Å². The maximum absolute atomic E-state index is 3.76.